The summed E-state index contributed by atoms with van der Waals surface area (Å²) in [5, 5.41) is 3.93. The van der Waals surface area contributed by atoms with Crippen LogP contribution in [-0.4, -0.2) is 12.3 Å². The number of hydrogen-bond donors (Lipinski definition) is 1. The van der Waals surface area contributed by atoms with Gasteiger partial charge in [-0.2, -0.15) is 0 Å². The van der Waals surface area contributed by atoms with Gasteiger partial charge in [-0.1, -0.05) is 42.3 Å². The van der Waals surface area contributed by atoms with E-state index in [4.69, 9.17) is 33.3 Å². The van der Waals surface area contributed by atoms with Gasteiger partial charge < -0.3 is 14.8 Å². The highest BCUT2D eigenvalue weighted by Crippen LogP contribution is 2.28. The van der Waals surface area contributed by atoms with Gasteiger partial charge in [-0.25, -0.2) is 0 Å². The fourth-order valence-corrected chi connectivity index (χ4v) is 2.60. The summed E-state index contributed by atoms with van der Waals surface area (Å²) in [6.07, 6.45) is 0.915. The van der Waals surface area contributed by atoms with Gasteiger partial charge in [0.25, 0.3) is 5.17 Å². The summed E-state index contributed by atoms with van der Waals surface area (Å²) in [6.45, 7) is 4.54. The van der Waals surface area contributed by atoms with Crippen LogP contribution in [0.1, 0.15) is 23.6 Å². The minimum atomic E-state index is 0.290. The molecule has 0 amide bonds. The smallest absolute Gasteiger partial charge is 0.260 e. The third kappa shape index (κ3) is 4.60. The average molecular weight is 350 g/mol. The molecule has 0 heterocycles. The highest BCUT2D eigenvalue weighted by atomic mass is 35.5. The minimum Gasteiger partial charge on any atom is -0.488 e. The van der Waals surface area contributed by atoms with E-state index in [1.807, 2.05) is 30.3 Å². The second-order valence-electron chi connectivity index (χ2n) is 5.14. The molecule has 0 atom stereocenters. The maximum absolute atomic E-state index is 6.32. The summed E-state index contributed by atoms with van der Waals surface area (Å²) < 4.78 is 11.0. The van der Waals surface area contributed by atoms with Crippen molar-refractivity contribution in [2.45, 2.75) is 26.9 Å². The lowest BCUT2D eigenvalue weighted by atomic mass is 10.1. The number of hydrogen-bond acceptors (Lipinski definition) is 3. The Morgan fingerprint density at radius 1 is 1.26 bits per heavy atom. The summed E-state index contributed by atoms with van der Waals surface area (Å²) in [7, 11) is 1.52. The Balaban J connectivity index is 2.22. The molecule has 2 aromatic rings. The lowest BCUT2D eigenvalue weighted by Crippen LogP contribution is -2.13. The monoisotopic (exact) mass is 349 g/mol. The van der Waals surface area contributed by atoms with Crippen LogP contribution in [0.4, 0.5) is 5.69 Å². The maximum Gasteiger partial charge on any atom is 0.260 e. The number of halogens is 1. The summed E-state index contributed by atoms with van der Waals surface area (Å²) in [6, 6.07) is 11.8. The minimum absolute atomic E-state index is 0.290. The van der Waals surface area contributed by atoms with Gasteiger partial charge >= 0.3 is 0 Å². The van der Waals surface area contributed by atoms with Gasteiger partial charge in [0.1, 0.15) is 12.4 Å². The number of rotatable bonds is 5. The Labute approximate surface area is 147 Å². The number of nitrogens with one attached hydrogen (secondary N) is 1. The van der Waals surface area contributed by atoms with Gasteiger partial charge in [-0.05, 0) is 49.3 Å². The predicted molar refractivity (Wildman–Crippen MR) is 99.6 cm³/mol. The Morgan fingerprint density at radius 2 is 2.04 bits per heavy atom. The summed E-state index contributed by atoms with van der Waals surface area (Å²) in [5.41, 5.74) is 4.03. The number of benzene rings is 2. The van der Waals surface area contributed by atoms with E-state index in [-0.39, 0.29) is 5.17 Å². The zero-order chi connectivity index (χ0) is 16.8. The molecule has 1 N–H and O–H groups in total. The Hall–Kier alpha value is -1.78. The summed E-state index contributed by atoms with van der Waals surface area (Å²) in [4.78, 5) is 0. The van der Waals surface area contributed by atoms with E-state index >= 15 is 0 Å². The molecule has 23 heavy (non-hydrogen) atoms. The summed E-state index contributed by atoms with van der Waals surface area (Å²) >= 11 is 11.4. The third-order valence-corrected chi connectivity index (χ3v) is 4.13. The van der Waals surface area contributed by atoms with Crippen LogP contribution in [0.2, 0.25) is 5.02 Å². The van der Waals surface area contributed by atoms with E-state index in [9.17, 15) is 0 Å². The van der Waals surface area contributed by atoms with Crippen molar-refractivity contribution in [3.05, 3.63) is 58.1 Å². The van der Waals surface area contributed by atoms with Crippen molar-refractivity contribution in [1.29, 1.82) is 0 Å². The molecule has 0 saturated carbocycles. The lowest BCUT2D eigenvalue weighted by Gasteiger charge is -2.16. The first-order valence-electron chi connectivity index (χ1n) is 7.39. The van der Waals surface area contributed by atoms with Crippen LogP contribution in [0.5, 0.6) is 5.75 Å². The second-order valence-corrected chi connectivity index (χ2v) is 5.91. The van der Waals surface area contributed by atoms with Crippen molar-refractivity contribution < 1.29 is 9.47 Å². The number of ether oxygens (including phenoxy) is 2. The molecule has 2 rings (SSSR count). The van der Waals surface area contributed by atoms with Crippen LogP contribution in [0.15, 0.2) is 36.4 Å². The molecular weight excluding hydrogens is 330 g/mol. The Morgan fingerprint density at radius 3 is 2.74 bits per heavy atom. The molecule has 0 aromatic heterocycles. The molecule has 0 aliphatic rings. The molecule has 0 bridgehead atoms. The van der Waals surface area contributed by atoms with E-state index in [1.54, 1.807) is 0 Å². The second kappa shape index (κ2) is 8.18. The van der Waals surface area contributed by atoms with Crippen LogP contribution in [-0.2, 0) is 17.8 Å². The zero-order valence-corrected chi connectivity index (χ0v) is 15.1. The number of methoxy groups -OCH3 is 1. The molecule has 2 aromatic carbocycles. The van der Waals surface area contributed by atoms with Gasteiger partial charge in [0.05, 0.1) is 7.11 Å². The summed E-state index contributed by atoms with van der Waals surface area (Å²) in [5.74, 6) is 0.873. The number of aryl methyl sites for hydroxylation is 2. The topological polar surface area (TPSA) is 30.5 Å². The van der Waals surface area contributed by atoms with E-state index in [1.165, 1.54) is 18.2 Å². The van der Waals surface area contributed by atoms with E-state index < -0.39 is 0 Å². The van der Waals surface area contributed by atoms with Gasteiger partial charge in [0.15, 0.2) is 0 Å². The van der Waals surface area contributed by atoms with Crippen molar-refractivity contribution in [2.75, 3.05) is 12.4 Å². The lowest BCUT2D eigenvalue weighted by molar-refractivity contribution is 0.304. The maximum atomic E-state index is 6.32. The van der Waals surface area contributed by atoms with Gasteiger partial charge in [-0.3, -0.25) is 0 Å². The quantitative estimate of drug-likeness (QED) is 0.758. The van der Waals surface area contributed by atoms with Crippen molar-refractivity contribution in [2.24, 2.45) is 0 Å². The molecule has 0 spiro atoms. The van der Waals surface area contributed by atoms with Crippen molar-refractivity contribution in [1.82, 2.24) is 0 Å². The van der Waals surface area contributed by atoms with Gasteiger partial charge in [0, 0.05) is 16.3 Å². The van der Waals surface area contributed by atoms with Gasteiger partial charge in [-0.15, -0.1) is 0 Å². The molecule has 3 nitrogen and oxygen atoms in total. The van der Waals surface area contributed by atoms with Crippen LogP contribution in [0.25, 0.3) is 0 Å². The van der Waals surface area contributed by atoms with Crippen molar-refractivity contribution >= 4 is 34.7 Å². The van der Waals surface area contributed by atoms with Gasteiger partial charge in [0.2, 0.25) is 0 Å². The molecule has 0 aliphatic heterocycles. The van der Waals surface area contributed by atoms with E-state index in [0.29, 0.717) is 11.6 Å². The fourth-order valence-electron chi connectivity index (χ4n) is 2.26. The molecule has 0 aliphatic carbocycles. The number of thiocarbonyl (C=S) groups is 1. The first-order valence-corrected chi connectivity index (χ1v) is 8.18. The fraction of sp³-hybridized carbons (Fsp3) is 0.278. The van der Waals surface area contributed by atoms with Crippen LogP contribution in [0, 0.1) is 6.92 Å². The highest BCUT2D eigenvalue weighted by Gasteiger charge is 2.11. The van der Waals surface area contributed by atoms with Crippen molar-refractivity contribution in [3.63, 3.8) is 0 Å². The molecule has 0 radical (unpaired) electrons. The Kier molecular flexibility index (Phi) is 6.25. The number of anilines is 1. The normalized spacial score (nSPS) is 10.3. The Bertz CT molecular complexity index is 703. The van der Waals surface area contributed by atoms with E-state index in [0.717, 1.165) is 23.4 Å². The third-order valence-electron chi connectivity index (χ3n) is 3.51. The first-order chi connectivity index (χ1) is 11.0. The molecule has 5 heteroatoms. The zero-order valence-electron chi connectivity index (χ0n) is 13.5. The molecular formula is C18H20ClNO2S. The van der Waals surface area contributed by atoms with E-state index in [2.05, 4.69) is 25.2 Å². The van der Waals surface area contributed by atoms with Crippen molar-refractivity contribution in [3.8, 4) is 5.75 Å². The van der Waals surface area contributed by atoms with Crippen LogP contribution in [0.3, 0.4) is 0 Å². The predicted octanol–water partition coefficient (Wildman–Crippen LogP) is 5.13. The van der Waals surface area contributed by atoms with Crippen LogP contribution >= 0.6 is 23.8 Å². The molecule has 0 fully saturated rings. The standard InChI is InChI=1S/C18H20ClNO2S/c1-4-13-10-12(2)8-9-17(13)22-11-14-15(19)6-5-7-16(14)20-18(23)21-3/h5-10H,4,11H2,1-3H3,(H,20,23). The average Bonchev–Trinajstić information content (AvgIpc) is 2.55. The largest absolute Gasteiger partial charge is 0.488 e. The van der Waals surface area contributed by atoms with Crippen LogP contribution < -0.4 is 10.1 Å². The molecule has 0 saturated heterocycles. The molecule has 0 unspecified atom stereocenters. The highest BCUT2D eigenvalue weighted by molar-refractivity contribution is 7.80. The SMILES string of the molecule is CCc1cc(C)ccc1OCc1c(Cl)cccc1NC(=S)OC. The molecule has 122 valence electrons. The first kappa shape index (κ1) is 17.6.